The Balaban J connectivity index is 2.82. The fourth-order valence-electron chi connectivity index (χ4n) is 1.000. The number of nitrogens with zero attached hydrogens (tertiary/aromatic N) is 1. The topological polar surface area (TPSA) is 42.2 Å². The molecule has 1 aliphatic heterocycles. The molecule has 0 aliphatic carbocycles. The molecule has 0 saturated carbocycles. The third-order valence-corrected chi connectivity index (χ3v) is 1.58. The summed E-state index contributed by atoms with van der Waals surface area (Å²) in [4.78, 5) is 0. The van der Waals surface area contributed by atoms with Gasteiger partial charge in [0.05, 0.1) is 0 Å². The zero-order valence-electron chi connectivity index (χ0n) is 7.49. The van der Waals surface area contributed by atoms with E-state index in [2.05, 4.69) is 6.58 Å². The summed E-state index contributed by atoms with van der Waals surface area (Å²) in [5, 5.41) is 8.61. The molecule has 0 spiro atoms. The maximum Gasteiger partial charge on any atom is 0.218 e. The van der Waals surface area contributed by atoms with Crippen LogP contribution in [0.1, 0.15) is 6.92 Å². The lowest BCUT2D eigenvalue weighted by Crippen LogP contribution is -2.24. The highest BCUT2D eigenvalue weighted by Gasteiger charge is 2.21. The molecule has 0 bridgehead atoms. The second kappa shape index (κ2) is 4.36. The van der Waals surface area contributed by atoms with Crippen LogP contribution in [-0.4, -0.2) is 12.7 Å². The summed E-state index contributed by atoms with van der Waals surface area (Å²) in [5.74, 6) is 1.22. The summed E-state index contributed by atoms with van der Waals surface area (Å²) < 4.78 is 10.6. The van der Waals surface area contributed by atoms with Gasteiger partial charge in [-0.25, -0.2) is 0 Å². The van der Waals surface area contributed by atoms with Crippen LogP contribution >= 0.6 is 0 Å². The van der Waals surface area contributed by atoms with Gasteiger partial charge < -0.3 is 9.47 Å². The number of ether oxygens (including phenoxy) is 2. The Morgan fingerprint density at radius 1 is 1.62 bits per heavy atom. The Morgan fingerprint density at radius 2 is 2.38 bits per heavy atom. The molecule has 0 amide bonds. The minimum atomic E-state index is -0.519. The normalized spacial score (nSPS) is 27.5. The first-order valence-corrected chi connectivity index (χ1v) is 4.00. The van der Waals surface area contributed by atoms with Crippen molar-refractivity contribution in [2.75, 3.05) is 6.61 Å². The molecular formula is C10H11NO2. The second-order valence-electron chi connectivity index (χ2n) is 2.47. The Morgan fingerprint density at radius 3 is 2.92 bits per heavy atom. The molecule has 13 heavy (non-hydrogen) atoms. The van der Waals surface area contributed by atoms with Gasteiger partial charge in [-0.1, -0.05) is 12.7 Å². The number of allylic oxidation sites excluding steroid dienone is 3. The van der Waals surface area contributed by atoms with E-state index < -0.39 is 6.10 Å². The van der Waals surface area contributed by atoms with Crippen LogP contribution in [0, 0.1) is 11.3 Å². The van der Waals surface area contributed by atoms with E-state index in [-0.39, 0.29) is 6.61 Å². The van der Waals surface area contributed by atoms with E-state index in [0.29, 0.717) is 11.5 Å². The fraction of sp³-hybridized carbons (Fsp3) is 0.300. The van der Waals surface area contributed by atoms with Gasteiger partial charge in [-0.3, -0.25) is 0 Å². The molecule has 0 radical (unpaired) electrons. The van der Waals surface area contributed by atoms with E-state index in [1.807, 2.05) is 13.0 Å². The van der Waals surface area contributed by atoms with Crippen LogP contribution in [0.15, 0.2) is 36.3 Å². The van der Waals surface area contributed by atoms with Crippen molar-refractivity contribution >= 4 is 0 Å². The standard InChI is InChI=1S/C10H11NO2/c1-3-5-10-9(4-2)12-7-8(6-11)13-10/h3-5,8H,1,7H2,2H3/b9-4+,10-5+. The van der Waals surface area contributed by atoms with Crippen molar-refractivity contribution in [1.29, 1.82) is 5.26 Å². The van der Waals surface area contributed by atoms with Crippen molar-refractivity contribution in [2.24, 2.45) is 0 Å². The maximum absolute atomic E-state index is 8.61. The predicted molar refractivity (Wildman–Crippen MR) is 48.5 cm³/mol. The second-order valence-corrected chi connectivity index (χ2v) is 2.47. The van der Waals surface area contributed by atoms with Crippen molar-refractivity contribution in [3.63, 3.8) is 0 Å². The molecule has 1 heterocycles. The molecule has 0 aromatic rings. The first kappa shape index (κ1) is 9.40. The largest absolute Gasteiger partial charge is 0.485 e. The predicted octanol–water partition coefficient (Wildman–Crippen LogP) is 1.90. The SMILES string of the molecule is C=C/C=C1/OC(C#N)CO/C1=C/C. The summed E-state index contributed by atoms with van der Waals surface area (Å²) >= 11 is 0. The van der Waals surface area contributed by atoms with Crippen LogP contribution in [0.2, 0.25) is 0 Å². The van der Waals surface area contributed by atoms with Crippen LogP contribution in [0.5, 0.6) is 0 Å². The van der Waals surface area contributed by atoms with Gasteiger partial charge in [0, 0.05) is 0 Å². The zero-order valence-corrected chi connectivity index (χ0v) is 7.49. The van der Waals surface area contributed by atoms with E-state index in [1.165, 1.54) is 0 Å². The number of hydrogen-bond donors (Lipinski definition) is 0. The lowest BCUT2D eigenvalue weighted by molar-refractivity contribution is 0.0223. The molecule has 0 aromatic carbocycles. The van der Waals surface area contributed by atoms with Crippen molar-refractivity contribution in [1.82, 2.24) is 0 Å². The van der Waals surface area contributed by atoms with Crippen molar-refractivity contribution in [2.45, 2.75) is 13.0 Å². The van der Waals surface area contributed by atoms with Gasteiger partial charge in [-0.15, -0.1) is 0 Å². The molecule has 0 N–H and O–H groups in total. The average molecular weight is 177 g/mol. The number of nitriles is 1. The van der Waals surface area contributed by atoms with Gasteiger partial charge in [-0.05, 0) is 19.1 Å². The Labute approximate surface area is 77.6 Å². The Hall–Kier alpha value is -1.69. The highest BCUT2D eigenvalue weighted by molar-refractivity contribution is 5.25. The van der Waals surface area contributed by atoms with E-state index >= 15 is 0 Å². The summed E-state index contributed by atoms with van der Waals surface area (Å²) in [5.41, 5.74) is 0. The Bertz CT molecular complexity index is 297. The average Bonchev–Trinajstić information content (AvgIpc) is 2.18. The van der Waals surface area contributed by atoms with Crippen molar-refractivity contribution in [3.05, 3.63) is 36.3 Å². The molecule has 1 fully saturated rings. The lowest BCUT2D eigenvalue weighted by Gasteiger charge is -2.23. The highest BCUT2D eigenvalue weighted by atomic mass is 16.6. The van der Waals surface area contributed by atoms with Gasteiger partial charge in [0.2, 0.25) is 6.10 Å². The minimum absolute atomic E-state index is 0.282. The number of hydrogen-bond acceptors (Lipinski definition) is 3. The summed E-state index contributed by atoms with van der Waals surface area (Å²) in [6, 6.07) is 1.99. The fourth-order valence-corrected chi connectivity index (χ4v) is 1.000. The van der Waals surface area contributed by atoms with Gasteiger partial charge in [0.15, 0.2) is 11.5 Å². The van der Waals surface area contributed by atoms with Crippen LogP contribution in [0.3, 0.4) is 0 Å². The van der Waals surface area contributed by atoms with E-state index in [4.69, 9.17) is 14.7 Å². The molecular weight excluding hydrogens is 166 g/mol. The molecule has 1 rings (SSSR count). The molecule has 68 valence electrons. The Kier molecular flexibility index (Phi) is 3.15. The van der Waals surface area contributed by atoms with Gasteiger partial charge in [0.25, 0.3) is 0 Å². The molecule has 1 aliphatic rings. The van der Waals surface area contributed by atoms with Crippen LogP contribution in [-0.2, 0) is 9.47 Å². The smallest absolute Gasteiger partial charge is 0.218 e. The monoisotopic (exact) mass is 177 g/mol. The third kappa shape index (κ3) is 2.12. The zero-order chi connectivity index (χ0) is 9.68. The summed E-state index contributed by atoms with van der Waals surface area (Å²) in [7, 11) is 0. The van der Waals surface area contributed by atoms with Crippen molar-refractivity contribution in [3.8, 4) is 6.07 Å². The lowest BCUT2D eigenvalue weighted by atomic mass is 10.3. The molecule has 3 heteroatoms. The van der Waals surface area contributed by atoms with Crippen molar-refractivity contribution < 1.29 is 9.47 Å². The quantitative estimate of drug-likeness (QED) is 0.614. The third-order valence-electron chi connectivity index (χ3n) is 1.58. The van der Waals surface area contributed by atoms with Crippen LogP contribution < -0.4 is 0 Å². The molecule has 1 saturated heterocycles. The summed E-state index contributed by atoms with van der Waals surface area (Å²) in [6.45, 7) is 5.68. The van der Waals surface area contributed by atoms with Crippen LogP contribution in [0.4, 0.5) is 0 Å². The van der Waals surface area contributed by atoms with E-state index in [1.54, 1.807) is 18.2 Å². The van der Waals surface area contributed by atoms with Gasteiger partial charge >= 0.3 is 0 Å². The molecule has 1 unspecified atom stereocenters. The van der Waals surface area contributed by atoms with Crippen LogP contribution in [0.25, 0.3) is 0 Å². The maximum atomic E-state index is 8.61. The molecule has 3 nitrogen and oxygen atoms in total. The first-order chi connectivity index (χ1) is 6.31. The van der Waals surface area contributed by atoms with E-state index in [0.717, 1.165) is 0 Å². The minimum Gasteiger partial charge on any atom is -0.485 e. The molecule has 1 atom stereocenters. The first-order valence-electron chi connectivity index (χ1n) is 4.00. The molecule has 0 aromatic heterocycles. The van der Waals surface area contributed by atoms with Gasteiger partial charge in [0.1, 0.15) is 12.7 Å². The van der Waals surface area contributed by atoms with E-state index in [9.17, 15) is 0 Å². The number of rotatable bonds is 1. The highest BCUT2D eigenvalue weighted by Crippen LogP contribution is 2.21. The summed E-state index contributed by atoms with van der Waals surface area (Å²) in [6.07, 6.45) is 4.55. The van der Waals surface area contributed by atoms with Gasteiger partial charge in [-0.2, -0.15) is 5.26 Å².